The number of methoxy groups -OCH3 is 1. The fourth-order valence-electron chi connectivity index (χ4n) is 1.72. The summed E-state index contributed by atoms with van der Waals surface area (Å²) in [6.07, 6.45) is 0.998. The predicted molar refractivity (Wildman–Crippen MR) is 73.3 cm³/mol. The van der Waals surface area contributed by atoms with Gasteiger partial charge in [-0.2, -0.15) is 0 Å². The molecule has 102 valence electrons. The van der Waals surface area contributed by atoms with Gasteiger partial charge in [0.25, 0.3) is 0 Å². The summed E-state index contributed by atoms with van der Waals surface area (Å²) in [7, 11) is 1.64. The fraction of sp³-hybridized carbons (Fsp3) is 0.600. The highest BCUT2D eigenvalue weighted by Gasteiger charge is 2.13. The van der Waals surface area contributed by atoms with E-state index in [1.807, 2.05) is 25.1 Å². The van der Waals surface area contributed by atoms with E-state index in [2.05, 4.69) is 13.8 Å². The molecule has 0 heterocycles. The van der Waals surface area contributed by atoms with Crippen molar-refractivity contribution in [3.8, 4) is 11.5 Å². The van der Waals surface area contributed by atoms with Crippen molar-refractivity contribution in [1.29, 1.82) is 0 Å². The Kier molecular flexibility index (Phi) is 5.99. The second-order valence-corrected chi connectivity index (χ2v) is 4.92. The number of hydrogen-bond acceptors (Lipinski definition) is 3. The molecule has 1 aromatic rings. The van der Waals surface area contributed by atoms with E-state index in [0.717, 1.165) is 23.5 Å². The largest absolute Gasteiger partial charge is 0.493 e. The Hall–Kier alpha value is -1.22. The number of benzene rings is 1. The van der Waals surface area contributed by atoms with Crippen LogP contribution in [0.4, 0.5) is 0 Å². The zero-order valence-electron chi connectivity index (χ0n) is 11.8. The van der Waals surface area contributed by atoms with Crippen molar-refractivity contribution < 1.29 is 14.6 Å². The summed E-state index contributed by atoms with van der Waals surface area (Å²) in [5.41, 5.74) is 0.994. The number of hydrogen-bond donors (Lipinski definition) is 1. The van der Waals surface area contributed by atoms with Gasteiger partial charge in [0.1, 0.15) is 0 Å². The van der Waals surface area contributed by atoms with Crippen LogP contribution in [0.5, 0.6) is 11.5 Å². The molecule has 0 radical (unpaired) electrons. The minimum Gasteiger partial charge on any atom is -0.493 e. The molecule has 1 atom stereocenters. The van der Waals surface area contributed by atoms with Crippen LogP contribution in [0.1, 0.15) is 32.8 Å². The molecule has 0 bridgehead atoms. The number of para-hydroxylation sites is 1. The number of aliphatic hydroxyl groups is 1. The van der Waals surface area contributed by atoms with Gasteiger partial charge in [-0.3, -0.25) is 0 Å². The lowest BCUT2D eigenvalue weighted by molar-refractivity contribution is 0.169. The van der Waals surface area contributed by atoms with E-state index in [-0.39, 0.29) is 6.10 Å². The van der Waals surface area contributed by atoms with E-state index in [1.54, 1.807) is 7.11 Å². The minimum atomic E-state index is -0.334. The zero-order chi connectivity index (χ0) is 13.5. The van der Waals surface area contributed by atoms with E-state index in [0.29, 0.717) is 18.9 Å². The van der Waals surface area contributed by atoms with Gasteiger partial charge in [0.05, 0.1) is 19.8 Å². The SMILES string of the molecule is CCC(O)Cc1cccc(OCC(C)C)c1OC. The van der Waals surface area contributed by atoms with Gasteiger partial charge < -0.3 is 14.6 Å². The van der Waals surface area contributed by atoms with Crippen molar-refractivity contribution in [2.75, 3.05) is 13.7 Å². The molecular formula is C15H24O3. The lowest BCUT2D eigenvalue weighted by Crippen LogP contribution is -2.11. The first-order valence-electron chi connectivity index (χ1n) is 6.55. The molecule has 3 nitrogen and oxygen atoms in total. The molecule has 3 heteroatoms. The lowest BCUT2D eigenvalue weighted by atomic mass is 10.0. The maximum Gasteiger partial charge on any atom is 0.164 e. The first kappa shape index (κ1) is 14.8. The maximum absolute atomic E-state index is 9.74. The summed E-state index contributed by atoms with van der Waals surface area (Å²) in [6, 6.07) is 5.82. The van der Waals surface area contributed by atoms with Crippen molar-refractivity contribution in [3.05, 3.63) is 23.8 Å². The van der Waals surface area contributed by atoms with Gasteiger partial charge in [0, 0.05) is 12.0 Å². The molecule has 0 aliphatic rings. The highest BCUT2D eigenvalue weighted by Crippen LogP contribution is 2.32. The van der Waals surface area contributed by atoms with Crippen LogP contribution in [0.2, 0.25) is 0 Å². The Morgan fingerprint density at radius 3 is 2.56 bits per heavy atom. The summed E-state index contributed by atoms with van der Waals surface area (Å²) >= 11 is 0. The van der Waals surface area contributed by atoms with Gasteiger partial charge in [0.15, 0.2) is 11.5 Å². The van der Waals surface area contributed by atoms with Crippen LogP contribution in [0, 0.1) is 5.92 Å². The molecule has 0 aliphatic heterocycles. The zero-order valence-corrected chi connectivity index (χ0v) is 11.8. The first-order chi connectivity index (χ1) is 8.58. The number of rotatable bonds is 7. The summed E-state index contributed by atoms with van der Waals surface area (Å²) in [6.45, 7) is 6.85. The van der Waals surface area contributed by atoms with E-state index in [9.17, 15) is 5.11 Å². The van der Waals surface area contributed by atoms with Gasteiger partial charge in [0.2, 0.25) is 0 Å². The monoisotopic (exact) mass is 252 g/mol. The Morgan fingerprint density at radius 1 is 1.28 bits per heavy atom. The maximum atomic E-state index is 9.74. The third-order valence-electron chi connectivity index (χ3n) is 2.76. The summed E-state index contributed by atoms with van der Waals surface area (Å²) in [5.74, 6) is 1.97. The van der Waals surface area contributed by atoms with Gasteiger partial charge in [-0.25, -0.2) is 0 Å². The van der Waals surface area contributed by atoms with Gasteiger partial charge in [-0.05, 0) is 18.4 Å². The summed E-state index contributed by atoms with van der Waals surface area (Å²) in [5, 5.41) is 9.74. The van der Waals surface area contributed by atoms with E-state index < -0.39 is 0 Å². The van der Waals surface area contributed by atoms with Gasteiger partial charge in [-0.1, -0.05) is 32.9 Å². The summed E-state index contributed by atoms with van der Waals surface area (Å²) in [4.78, 5) is 0. The van der Waals surface area contributed by atoms with Crippen molar-refractivity contribution >= 4 is 0 Å². The molecule has 1 N–H and O–H groups in total. The molecule has 0 amide bonds. The Balaban J connectivity index is 2.87. The highest BCUT2D eigenvalue weighted by molar-refractivity contribution is 5.46. The molecule has 1 aromatic carbocycles. The highest BCUT2D eigenvalue weighted by atomic mass is 16.5. The van der Waals surface area contributed by atoms with Crippen LogP contribution in [0.25, 0.3) is 0 Å². The van der Waals surface area contributed by atoms with Crippen LogP contribution in [0.3, 0.4) is 0 Å². The molecule has 0 aromatic heterocycles. The van der Waals surface area contributed by atoms with Crippen LogP contribution in [-0.4, -0.2) is 24.9 Å². The van der Waals surface area contributed by atoms with E-state index in [4.69, 9.17) is 9.47 Å². The smallest absolute Gasteiger partial charge is 0.164 e. The molecular weight excluding hydrogens is 228 g/mol. The van der Waals surface area contributed by atoms with E-state index >= 15 is 0 Å². The predicted octanol–water partition coefficient (Wildman–Crippen LogP) is 3.04. The molecule has 0 aliphatic carbocycles. The number of aliphatic hydroxyl groups excluding tert-OH is 1. The molecule has 1 unspecified atom stereocenters. The molecule has 1 rings (SSSR count). The molecule has 18 heavy (non-hydrogen) atoms. The van der Waals surface area contributed by atoms with Crippen LogP contribution < -0.4 is 9.47 Å². The Bertz CT molecular complexity index is 361. The molecule has 0 saturated carbocycles. The van der Waals surface area contributed by atoms with Crippen LogP contribution >= 0.6 is 0 Å². The van der Waals surface area contributed by atoms with Crippen LogP contribution in [-0.2, 0) is 6.42 Å². The minimum absolute atomic E-state index is 0.334. The standard InChI is InChI=1S/C15H24O3/c1-5-13(16)9-12-7-6-8-14(15(12)17-4)18-10-11(2)3/h6-8,11,13,16H,5,9-10H2,1-4H3. The Morgan fingerprint density at radius 2 is 2.00 bits per heavy atom. The molecule has 0 saturated heterocycles. The van der Waals surface area contributed by atoms with Crippen molar-refractivity contribution in [2.24, 2.45) is 5.92 Å². The van der Waals surface area contributed by atoms with Crippen LogP contribution in [0.15, 0.2) is 18.2 Å². The fourth-order valence-corrected chi connectivity index (χ4v) is 1.72. The second kappa shape index (κ2) is 7.27. The first-order valence-corrected chi connectivity index (χ1v) is 6.55. The third kappa shape index (κ3) is 4.22. The average Bonchev–Trinajstić information content (AvgIpc) is 2.36. The van der Waals surface area contributed by atoms with Crippen molar-refractivity contribution in [2.45, 2.75) is 39.7 Å². The van der Waals surface area contributed by atoms with Crippen molar-refractivity contribution in [3.63, 3.8) is 0 Å². The third-order valence-corrected chi connectivity index (χ3v) is 2.76. The second-order valence-electron chi connectivity index (χ2n) is 4.92. The summed E-state index contributed by atoms with van der Waals surface area (Å²) < 4.78 is 11.2. The topological polar surface area (TPSA) is 38.7 Å². The van der Waals surface area contributed by atoms with Crippen molar-refractivity contribution in [1.82, 2.24) is 0 Å². The molecule has 0 fully saturated rings. The quantitative estimate of drug-likeness (QED) is 0.810. The Labute approximate surface area is 110 Å². The molecule has 0 spiro atoms. The van der Waals surface area contributed by atoms with Gasteiger partial charge in [-0.15, -0.1) is 0 Å². The van der Waals surface area contributed by atoms with E-state index in [1.165, 1.54) is 0 Å². The average molecular weight is 252 g/mol. The van der Waals surface area contributed by atoms with Gasteiger partial charge >= 0.3 is 0 Å². The number of ether oxygens (including phenoxy) is 2. The normalized spacial score (nSPS) is 12.6. The lowest BCUT2D eigenvalue weighted by Gasteiger charge is -2.16.